The molecule has 7 nitrogen and oxygen atoms in total. The van der Waals surface area contributed by atoms with Gasteiger partial charge in [-0.25, -0.2) is 13.4 Å². The number of carbonyl (C=O) groups excluding carboxylic acids is 1. The molecule has 3 fully saturated rings. The number of nitrogens with one attached hydrogen (secondary N) is 1. The van der Waals surface area contributed by atoms with Crippen LogP contribution in [0.5, 0.6) is 0 Å². The van der Waals surface area contributed by atoms with Gasteiger partial charge < -0.3 is 10.2 Å². The number of amides is 1. The summed E-state index contributed by atoms with van der Waals surface area (Å²) in [5.74, 6) is 1.04. The van der Waals surface area contributed by atoms with Crippen molar-refractivity contribution >= 4 is 32.7 Å². The molecule has 0 unspecified atom stereocenters. The lowest BCUT2D eigenvalue weighted by Gasteiger charge is -2.34. The Morgan fingerprint density at radius 2 is 1.56 bits per heavy atom. The molecular formula is C28H40N4O3S. The second-order valence-electron chi connectivity index (χ2n) is 10.8. The van der Waals surface area contributed by atoms with Gasteiger partial charge in [-0.05, 0) is 68.9 Å². The molecule has 2 aliphatic heterocycles. The molecular weight excluding hydrogens is 472 g/mol. The Hall–Kier alpha value is -2.19. The van der Waals surface area contributed by atoms with Crippen LogP contribution in [0.4, 0.5) is 5.82 Å². The molecule has 1 saturated carbocycles. The SMILES string of the molecule is O=C(NC1CCCCCCC1)[C@H]1CCCN(c2ccc3cc(S(=O)(=O)N4CCCCC4)ccc3n2)C1. The van der Waals surface area contributed by atoms with Crippen LogP contribution in [0.2, 0.25) is 0 Å². The fraction of sp³-hybridized carbons (Fsp3) is 0.643. The summed E-state index contributed by atoms with van der Waals surface area (Å²) >= 11 is 0. The van der Waals surface area contributed by atoms with Crippen LogP contribution in [0.1, 0.15) is 77.0 Å². The van der Waals surface area contributed by atoms with Crippen LogP contribution in [0.25, 0.3) is 10.9 Å². The van der Waals surface area contributed by atoms with Crippen molar-refractivity contribution in [2.75, 3.05) is 31.1 Å². The molecule has 8 heteroatoms. The summed E-state index contributed by atoms with van der Waals surface area (Å²) in [4.78, 5) is 20.5. The van der Waals surface area contributed by atoms with Crippen molar-refractivity contribution in [2.45, 2.75) is 88.0 Å². The van der Waals surface area contributed by atoms with Crippen molar-refractivity contribution in [1.29, 1.82) is 0 Å². The summed E-state index contributed by atoms with van der Waals surface area (Å²) < 4.78 is 27.8. The van der Waals surface area contributed by atoms with Gasteiger partial charge >= 0.3 is 0 Å². The average molecular weight is 513 g/mol. The number of hydrogen-bond acceptors (Lipinski definition) is 5. The van der Waals surface area contributed by atoms with Crippen LogP contribution in [0.15, 0.2) is 35.2 Å². The molecule has 0 spiro atoms. The van der Waals surface area contributed by atoms with Crippen molar-refractivity contribution in [3.63, 3.8) is 0 Å². The lowest BCUT2D eigenvalue weighted by atomic mass is 9.94. The van der Waals surface area contributed by atoms with E-state index in [-0.39, 0.29) is 11.8 Å². The number of benzene rings is 1. The van der Waals surface area contributed by atoms with Crippen molar-refractivity contribution in [2.24, 2.45) is 5.92 Å². The number of fused-ring (bicyclic) bond motifs is 1. The molecule has 1 atom stereocenters. The Labute approximate surface area is 215 Å². The second-order valence-corrected chi connectivity index (χ2v) is 12.8. The fourth-order valence-corrected chi connectivity index (χ4v) is 7.56. The Morgan fingerprint density at radius 1 is 0.833 bits per heavy atom. The van der Waals surface area contributed by atoms with E-state index in [1.807, 2.05) is 18.2 Å². The summed E-state index contributed by atoms with van der Waals surface area (Å²) in [7, 11) is -3.47. The largest absolute Gasteiger partial charge is 0.356 e. The number of rotatable bonds is 5. The first-order valence-electron chi connectivity index (χ1n) is 14.0. The van der Waals surface area contributed by atoms with Gasteiger partial charge in [-0.15, -0.1) is 0 Å². The maximum Gasteiger partial charge on any atom is 0.243 e. The highest BCUT2D eigenvalue weighted by Crippen LogP contribution is 2.28. The number of piperidine rings is 2. The first-order chi connectivity index (χ1) is 17.5. The molecule has 1 amide bonds. The van der Waals surface area contributed by atoms with Crippen LogP contribution in [0.3, 0.4) is 0 Å². The van der Waals surface area contributed by atoms with E-state index in [0.29, 0.717) is 30.6 Å². The summed E-state index contributed by atoms with van der Waals surface area (Å²) in [6, 6.07) is 9.50. The summed E-state index contributed by atoms with van der Waals surface area (Å²) in [6.45, 7) is 2.76. The van der Waals surface area contributed by atoms with Crippen LogP contribution in [-0.2, 0) is 14.8 Å². The third-order valence-corrected chi connectivity index (χ3v) is 10.1. The monoisotopic (exact) mass is 512 g/mol. The topological polar surface area (TPSA) is 82.6 Å². The Bertz CT molecular complexity index is 1150. The average Bonchev–Trinajstić information content (AvgIpc) is 2.90. The first kappa shape index (κ1) is 25.5. The van der Waals surface area contributed by atoms with Crippen LogP contribution in [0, 0.1) is 5.92 Å². The zero-order chi connectivity index (χ0) is 25.0. The van der Waals surface area contributed by atoms with Crippen molar-refractivity contribution in [1.82, 2.24) is 14.6 Å². The van der Waals surface area contributed by atoms with Gasteiger partial charge in [0.25, 0.3) is 0 Å². The number of carbonyl (C=O) groups is 1. The minimum atomic E-state index is -3.47. The quantitative estimate of drug-likeness (QED) is 0.619. The van der Waals surface area contributed by atoms with Gasteiger partial charge in [0, 0.05) is 37.6 Å². The number of anilines is 1. The molecule has 2 saturated heterocycles. The van der Waals surface area contributed by atoms with E-state index < -0.39 is 10.0 Å². The number of hydrogen-bond donors (Lipinski definition) is 1. The van der Waals surface area contributed by atoms with E-state index in [9.17, 15) is 13.2 Å². The number of sulfonamides is 1. The summed E-state index contributed by atoms with van der Waals surface area (Å²) in [5, 5.41) is 4.18. The summed E-state index contributed by atoms with van der Waals surface area (Å²) in [5.41, 5.74) is 0.784. The maximum atomic E-state index is 13.1. The van der Waals surface area contributed by atoms with E-state index in [0.717, 1.165) is 68.2 Å². The minimum Gasteiger partial charge on any atom is -0.356 e. The highest BCUT2D eigenvalue weighted by Gasteiger charge is 2.29. The van der Waals surface area contributed by atoms with Gasteiger partial charge in [-0.3, -0.25) is 4.79 Å². The third kappa shape index (κ3) is 5.86. The normalized spacial score (nSPS) is 23.2. The third-order valence-electron chi connectivity index (χ3n) is 8.17. The van der Waals surface area contributed by atoms with Crippen molar-refractivity contribution in [3.05, 3.63) is 30.3 Å². The van der Waals surface area contributed by atoms with Gasteiger partial charge in [-0.1, -0.05) is 38.5 Å². The van der Waals surface area contributed by atoms with E-state index in [4.69, 9.17) is 4.98 Å². The molecule has 196 valence electrons. The second kappa shape index (κ2) is 11.5. The Kier molecular flexibility index (Phi) is 8.11. The summed E-state index contributed by atoms with van der Waals surface area (Å²) in [6.07, 6.45) is 13.3. The van der Waals surface area contributed by atoms with Gasteiger partial charge in [0.05, 0.1) is 16.3 Å². The molecule has 1 aromatic heterocycles. The molecule has 1 aliphatic carbocycles. The van der Waals surface area contributed by atoms with E-state index in [2.05, 4.69) is 10.2 Å². The smallest absolute Gasteiger partial charge is 0.243 e. The minimum absolute atomic E-state index is 0.0150. The van der Waals surface area contributed by atoms with Crippen LogP contribution < -0.4 is 10.2 Å². The van der Waals surface area contributed by atoms with Gasteiger partial charge in [0.15, 0.2) is 0 Å². The van der Waals surface area contributed by atoms with Gasteiger partial charge in [0.2, 0.25) is 15.9 Å². The molecule has 0 bridgehead atoms. The highest BCUT2D eigenvalue weighted by atomic mass is 32.2. The Morgan fingerprint density at radius 3 is 2.33 bits per heavy atom. The maximum absolute atomic E-state index is 13.1. The number of nitrogens with zero attached hydrogens (tertiary/aromatic N) is 3. The lowest BCUT2D eigenvalue weighted by Crippen LogP contribution is -2.46. The van der Waals surface area contributed by atoms with Crippen molar-refractivity contribution < 1.29 is 13.2 Å². The van der Waals surface area contributed by atoms with E-state index >= 15 is 0 Å². The zero-order valence-electron chi connectivity index (χ0n) is 21.3. The van der Waals surface area contributed by atoms with E-state index in [1.165, 1.54) is 32.1 Å². The predicted molar refractivity (Wildman–Crippen MR) is 144 cm³/mol. The number of aromatic nitrogens is 1. The van der Waals surface area contributed by atoms with Crippen LogP contribution in [-0.4, -0.2) is 55.8 Å². The molecule has 3 aliphatic rings. The predicted octanol–water partition coefficient (Wildman–Crippen LogP) is 4.85. The van der Waals surface area contributed by atoms with Gasteiger partial charge in [-0.2, -0.15) is 4.31 Å². The lowest BCUT2D eigenvalue weighted by molar-refractivity contribution is -0.126. The van der Waals surface area contributed by atoms with Crippen LogP contribution >= 0.6 is 0 Å². The fourth-order valence-electron chi connectivity index (χ4n) is 6.00. The molecule has 2 aromatic rings. The molecule has 36 heavy (non-hydrogen) atoms. The standard InChI is InChI=1S/C28H40N4O3S/c33-28(29-24-11-5-2-1-3-6-12-24)23-10-9-17-31(21-23)27-16-13-22-20-25(14-15-26(22)30-27)36(34,35)32-18-7-4-8-19-32/h13-16,20,23-24H,1-12,17-19,21H2,(H,29,33)/t23-/m0/s1. The highest BCUT2D eigenvalue weighted by molar-refractivity contribution is 7.89. The molecule has 5 rings (SSSR count). The zero-order valence-corrected chi connectivity index (χ0v) is 22.1. The number of pyridine rings is 1. The van der Waals surface area contributed by atoms with E-state index in [1.54, 1.807) is 16.4 Å². The molecule has 3 heterocycles. The molecule has 1 aromatic carbocycles. The molecule has 0 radical (unpaired) electrons. The molecule has 1 N–H and O–H groups in total. The van der Waals surface area contributed by atoms with Crippen molar-refractivity contribution in [3.8, 4) is 0 Å². The Balaban J connectivity index is 1.26. The first-order valence-corrected chi connectivity index (χ1v) is 15.4. The van der Waals surface area contributed by atoms with Gasteiger partial charge in [0.1, 0.15) is 5.82 Å².